The lowest BCUT2D eigenvalue weighted by Gasteiger charge is -2.04. The van der Waals surface area contributed by atoms with Crippen LogP contribution in [0.5, 0.6) is 0 Å². The highest BCUT2D eigenvalue weighted by atomic mass is 16.3. The molecule has 0 aromatic heterocycles. The van der Waals surface area contributed by atoms with Crippen molar-refractivity contribution in [2.24, 2.45) is 0 Å². The van der Waals surface area contributed by atoms with Gasteiger partial charge >= 0.3 is 0 Å². The number of rotatable bonds is 25. The number of Topliss-reactive ketones (excluding diaryl/α,β-unsaturated/α-hetero) is 5. The Morgan fingerprint density at radius 2 is 0.667 bits per heavy atom. The van der Waals surface area contributed by atoms with Crippen LogP contribution in [0.2, 0.25) is 0 Å². The smallest absolute Gasteiger partial charge is 0.135 e. The average molecular weight is 467 g/mol. The van der Waals surface area contributed by atoms with E-state index >= 15 is 0 Å². The second-order valence-electron chi connectivity index (χ2n) is 9.10. The summed E-state index contributed by atoms with van der Waals surface area (Å²) in [5.41, 5.74) is 0. The Morgan fingerprint density at radius 1 is 0.394 bits per heavy atom. The third-order valence-corrected chi connectivity index (χ3v) is 5.93. The van der Waals surface area contributed by atoms with Gasteiger partial charge in [-0.1, -0.05) is 64.7 Å². The van der Waals surface area contributed by atoms with Crippen molar-refractivity contribution in [3.05, 3.63) is 0 Å². The molecule has 190 valence electrons. The lowest BCUT2D eigenvalue weighted by atomic mass is 10.0. The molecule has 0 aliphatic rings. The first-order valence-electron chi connectivity index (χ1n) is 13.1. The molecule has 0 atom stereocenters. The second-order valence-corrected chi connectivity index (χ2v) is 9.10. The number of aliphatic hydroxyl groups excluding tert-OH is 1. The summed E-state index contributed by atoms with van der Waals surface area (Å²) in [5.74, 6) is -0.421. The number of ketones is 5. The summed E-state index contributed by atoms with van der Waals surface area (Å²) >= 11 is 0. The maximum absolute atomic E-state index is 12.0. The van der Waals surface area contributed by atoms with E-state index in [1.54, 1.807) is 0 Å². The van der Waals surface area contributed by atoms with Gasteiger partial charge in [-0.15, -0.1) is 0 Å². The molecule has 0 aliphatic heterocycles. The molecule has 0 rings (SSSR count). The van der Waals surface area contributed by atoms with E-state index in [0.717, 1.165) is 12.8 Å². The fraction of sp³-hybridized carbons (Fsp3) is 0.815. The number of carbonyl (C=O) groups excluding carboxylic acids is 5. The summed E-state index contributed by atoms with van der Waals surface area (Å²) in [5, 5.41) is 8.65. The van der Waals surface area contributed by atoms with Crippen LogP contribution in [0.15, 0.2) is 0 Å². The molecule has 0 saturated heterocycles. The minimum Gasteiger partial charge on any atom is -0.396 e. The van der Waals surface area contributed by atoms with E-state index in [-0.39, 0.29) is 93.3 Å². The maximum Gasteiger partial charge on any atom is 0.135 e. The number of hydrogen-bond acceptors (Lipinski definition) is 6. The Kier molecular flexibility index (Phi) is 21.0. The fourth-order valence-corrected chi connectivity index (χ4v) is 3.67. The van der Waals surface area contributed by atoms with Gasteiger partial charge < -0.3 is 5.11 Å². The molecular formula is C27H46O6. The molecule has 0 fully saturated rings. The highest BCUT2D eigenvalue weighted by molar-refractivity contribution is 5.91. The van der Waals surface area contributed by atoms with Crippen LogP contribution in [-0.2, 0) is 24.0 Å². The van der Waals surface area contributed by atoms with Gasteiger partial charge in [-0.25, -0.2) is 0 Å². The lowest BCUT2D eigenvalue weighted by Crippen LogP contribution is -2.10. The quantitative estimate of drug-likeness (QED) is 0.174. The van der Waals surface area contributed by atoms with Crippen LogP contribution in [0.4, 0.5) is 0 Å². The standard InChI is InChI=1S/C27H46O6/c1-2-3-4-5-6-7-8-9-10-11-12-23(29)13-14-24(30)15-16-25(31)17-18-26(32)19-20-27(33)21-22-28/h28H,2-22H2,1H3. The molecule has 6 nitrogen and oxygen atoms in total. The van der Waals surface area contributed by atoms with E-state index in [0.29, 0.717) is 6.42 Å². The minimum atomic E-state index is -0.218. The number of hydrogen-bond donors (Lipinski definition) is 1. The van der Waals surface area contributed by atoms with E-state index in [1.165, 1.54) is 51.4 Å². The van der Waals surface area contributed by atoms with E-state index in [1.807, 2.05) is 0 Å². The summed E-state index contributed by atoms with van der Waals surface area (Å²) < 4.78 is 0. The Bertz CT molecular complexity index is 581. The molecule has 0 aliphatic carbocycles. The van der Waals surface area contributed by atoms with Crippen LogP contribution in [0.1, 0.15) is 135 Å². The van der Waals surface area contributed by atoms with Crippen LogP contribution in [-0.4, -0.2) is 40.6 Å². The monoisotopic (exact) mass is 466 g/mol. The third-order valence-electron chi connectivity index (χ3n) is 5.93. The van der Waals surface area contributed by atoms with E-state index < -0.39 is 0 Å². The molecule has 33 heavy (non-hydrogen) atoms. The van der Waals surface area contributed by atoms with E-state index in [2.05, 4.69) is 6.92 Å². The van der Waals surface area contributed by atoms with Crippen LogP contribution < -0.4 is 0 Å². The highest BCUT2D eigenvalue weighted by Crippen LogP contribution is 2.12. The molecule has 0 saturated carbocycles. The Balaban J connectivity index is 3.64. The van der Waals surface area contributed by atoms with Gasteiger partial charge in [-0.2, -0.15) is 0 Å². The molecule has 0 heterocycles. The van der Waals surface area contributed by atoms with Crippen molar-refractivity contribution >= 4 is 28.9 Å². The number of carbonyl (C=O) groups is 5. The van der Waals surface area contributed by atoms with E-state index in [9.17, 15) is 24.0 Å². The van der Waals surface area contributed by atoms with Gasteiger partial charge in [-0.3, -0.25) is 24.0 Å². The van der Waals surface area contributed by atoms with Gasteiger partial charge in [0.25, 0.3) is 0 Å². The van der Waals surface area contributed by atoms with Gasteiger partial charge in [0.2, 0.25) is 0 Å². The third kappa shape index (κ3) is 21.9. The summed E-state index contributed by atoms with van der Waals surface area (Å²) in [6.45, 7) is 2.01. The van der Waals surface area contributed by atoms with Crippen molar-refractivity contribution in [2.75, 3.05) is 6.61 Å². The molecule has 1 N–H and O–H groups in total. The van der Waals surface area contributed by atoms with Crippen molar-refractivity contribution in [2.45, 2.75) is 135 Å². The first kappa shape index (κ1) is 31.3. The zero-order valence-electron chi connectivity index (χ0n) is 20.8. The second kappa shape index (κ2) is 22.1. The summed E-state index contributed by atoms with van der Waals surface area (Å²) in [4.78, 5) is 58.8. The Labute approximate surface area is 200 Å². The fourth-order valence-electron chi connectivity index (χ4n) is 3.67. The van der Waals surface area contributed by atoms with Crippen molar-refractivity contribution in [3.63, 3.8) is 0 Å². The first-order valence-corrected chi connectivity index (χ1v) is 13.1. The SMILES string of the molecule is CCCCCCCCCCCCC(=O)CCC(=O)CCC(=O)CCC(=O)CCC(=O)CCO. The van der Waals surface area contributed by atoms with Gasteiger partial charge in [0, 0.05) is 70.8 Å². The Hall–Kier alpha value is -1.69. The van der Waals surface area contributed by atoms with Crippen molar-refractivity contribution in [1.29, 1.82) is 0 Å². The predicted octanol–water partition coefficient (Wildman–Crippen LogP) is 5.65. The van der Waals surface area contributed by atoms with Crippen molar-refractivity contribution < 1.29 is 29.1 Å². The van der Waals surface area contributed by atoms with Crippen LogP contribution >= 0.6 is 0 Å². The van der Waals surface area contributed by atoms with Crippen molar-refractivity contribution in [1.82, 2.24) is 0 Å². The minimum absolute atomic E-state index is 0.0517. The van der Waals surface area contributed by atoms with Gasteiger partial charge in [-0.05, 0) is 6.42 Å². The van der Waals surface area contributed by atoms with E-state index in [4.69, 9.17) is 5.11 Å². The summed E-state index contributed by atoms with van der Waals surface area (Å²) in [7, 11) is 0. The highest BCUT2D eigenvalue weighted by Gasteiger charge is 2.12. The zero-order chi connectivity index (χ0) is 24.7. The van der Waals surface area contributed by atoms with Crippen LogP contribution in [0, 0.1) is 0 Å². The summed E-state index contributed by atoms with van der Waals surface area (Å²) in [6, 6.07) is 0. The van der Waals surface area contributed by atoms with Crippen LogP contribution in [0.25, 0.3) is 0 Å². The van der Waals surface area contributed by atoms with Crippen LogP contribution in [0.3, 0.4) is 0 Å². The maximum atomic E-state index is 12.0. The largest absolute Gasteiger partial charge is 0.396 e. The molecule has 0 radical (unpaired) electrons. The Morgan fingerprint density at radius 3 is 1.00 bits per heavy atom. The van der Waals surface area contributed by atoms with Gasteiger partial charge in [0.05, 0.1) is 0 Å². The molecule has 0 spiro atoms. The molecule has 0 aromatic rings. The first-order chi connectivity index (χ1) is 15.9. The normalized spacial score (nSPS) is 10.8. The summed E-state index contributed by atoms with van der Waals surface area (Å²) in [6.07, 6.45) is 13.8. The lowest BCUT2D eigenvalue weighted by molar-refractivity contribution is -0.127. The molecule has 0 aromatic carbocycles. The van der Waals surface area contributed by atoms with Gasteiger partial charge in [0.15, 0.2) is 0 Å². The predicted molar refractivity (Wildman–Crippen MR) is 130 cm³/mol. The molecule has 0 bridgehead atoms. The van der Waals surface area contributed by atoms with Gasteiger partial charge in [0.1, 0.15) is 28.9 Å². The number of unbranched alkanes of at least 4 members (excludes halogenated alkanes) is 9. The average Bonchev–Trinajstić information content (AvgIpc) is 2.80. The zero-order valence-corrected chi connectivity index (χ0v) is 20.8. The molecule has 6 heteroatoms. The molecular weight excluding hydrogens is 420 g/mol. The van der Waals surface area contributed by atoms with Crippen molar-refractivity contribution in [3.8, 4) is 0 Å². The topological polar surface area (TPSA) is 106 Å². The molecule has 0 unspecified atom stereocenters. The number of aliphatic hydroxyl groups is 1. The molecule has 0 amide bonds.